The quantitative estimate of drug-likeness (QED) is 0.708. The van der Waals surface area contributed by atoms with Crippen LogP contribution in [0, 0.1) is 17.7 Å². The van der Waals surface area contributed by atoms with Crippen molar-refractivity contribution in [2.75, 3.05) is 0 Å². The van der Waals surface area contributed by atoms with Crippen molar-refractivity contribution in [3.8, 4) is 11.3 Å². The number of halogens is 5. The van der Waals surface area contributed by atoms with Gasteiger partial charge >= 0.3 is 6.18 Å². The fourth-order valence-electron chi connectivity index (χ4n) is 1.48. The van der Waals surface area contributed by atoms with E-state index in [0.29, 0.717) is 12.3 Å². The highest BCUT2D eigenvalue weighted by molar-refractivity contribution is 5.64. The number of nitrogens with zero attached hydrogens (tertiary/aromatic N) is 1. The van der Waals surface area contributed by atoms with Crippen LogP contribution in [0.5, 0.6) is 0 Å². The van der Waals surface area contributed by atoms with Gasteiger partial charge in [-0.3, -0.25) is 4.98 Å². The van der Waals surface area contributed by atoms with E-state index in [1.807, 2.05) is 6.07 Å². The molecular weight excluding hydrogens is 253 g/mol. The first kappa shape index (κ1) is 12.5. The lowest BCUT2D eigenvalue weighted by Gasteiger charge is -2.12. The topological polar surface area (TPSA) is 12.9 Å². The fourth-order valence-corrected chi connectivity index (χ4v) is 1.48. The normalized spacial score (nSPS) is 11.6. The van der Waals surface area contributed by atoms with E-state index in [1.54, 1.807) is 0 Å². The Bertz CT molecular complexity index is 577. The average molecular weight is 258 g/mol. The van der Waals surface area contributed by atoms with Crippen molar-refractivity contribution in [3.63, 3.8) is 0 Å². The first-order valence-corrected chi connectivity index (χ1v) is 4.79. The van der Waals surface area contributed by atoms with Crippen LogP contribution in [0.3, 0.4) is 0 Å². The molecule has 1 aromatic carbocycles. The van der Waals surface area contributed by atoms with Crippen LogP contribution in [0.4, 0.5) is 22.0 Å². The first-order valence-electron chi connectivity index (χ1n) is 4.79. The summed E-state index contributed by atoms with van der Waals surface area (Å²) in [7, 11) is 0. The monoisotopic (exact) mass is 258 g/mol. The van der Waals surface area contributed by atoms with E-state index >= 15 is 0 Å². The maximum atomic E-state index is 13.4. The fraction of sp³-hybridized carbons (Fsp3) is 0.0833. The Labute approximate surface area is 98.9 Å². The molecule has 0 N–H and O–H groups in total. The van der Waals surface area contributed by atoms with Crippen LogP contribution in [0.1, 0.15) is 5.56 Å². The summed E-state index contributed by atoms with van der Waals surface area (Å²) in [5, 5.41) is 0. The van der Waals surface area contributed by atoms with Gasteiger partial charge in [-0.25, -0.2) is 8.78 Å². The van der Waals surface area contributed by atoms with Gasteiger partial charge in [0.1, 0.15) is 11.5 Å². The third kappa shape index (κ3) is 2.32. The summed E-state index contributed by atoms with van der Waals surface area (Å²) in [5.74, 6) is -2.11. The molecule has 0 atom stereocenters. The lowest BCUT2D eigenvalue weighted by molar-refractivity contribution is -0.137. The minimum atomic E-state index is -4.68. The molecule has 0 aliphatic heterocycles. The summed E-state index contributed by atoms with van der Waals surface area (Å²) >= 11 is 0. The van der Waals surface area contributed by atoms with Crippen LogP contribution < -0.4 is 0 Å². The highest BCUT2D eigenvalue weighted by Gasteiger charge is 2.34. The number of pyridine rings is 1. The van der Waals surface area contributed by atoms with Crippen LogP contribution in [-0.2, 0) is 6.18 Å². The van der Waals surface area contributed by atoms with Gasteiger partial charge in [-0.1, -0.05) is 18.2 Å². The summed E-state index contributed by atoms with van der Waals surface area (Å²) in [5.41, 5.74) is -2.16. The number of hydrogen-bond acceptors (Lipinski definition) is 1. The summed E-state index contributed by atoms with van der Waals surface area (Å²) in [6.45, 7) is 0. The summed E-state index contributed by atoms with van der Waals surface area (Å²) in [6.07, 6.45) is -4.02. The molecule has 0 bridgehead atoms. The van der Waals surface area contributed by atoms with Crippen molar-refractivity contribution in [2.24, 2.45) is 0 Å². The lowest BCUT2D eigenvalue weighted by atomic mass is 10.0. The van der Waals surface area contributed by atoms with Crippen molar-refractivity contribution in [3.05, 3.63) is 53.7 Å². The summed E-state index contributed by atoms with van der Waals surface area (Å²) in [4.78, 5) is 3.35. The van der Waals surface area contributed by atoms with Crippen molar-refractivity contribution >= 4 is 0 Å². The molecule has 1 nitrogen and oxygen atoms in total. The molecular formula is C12H5F5N. The van der Waals surface area contributed by atoms with Crippen LogP contribution in [-0.4, -0.2) is 4.98 Å². The van der Waals surface area contributed by atoms with Crippen molar-refractivity contribution < 1.29 is 22.0 Å². The van der Waals surface area contributed by atoms with Gasteiger partial charge in [-0.15, -0.1) is 0 Å². The number of rotatable bonds is 1. The Kier molecular flexibility index (Phi) is 3.02. The second-order valence-corrected chi connectivity index (χ2v) is 3.44. The van der Waals surface area contributed by atoms with Gasteiger partial charge in [-0.05, 0) is 6.07 Å². The predicted molar refractivity (Wildman–Crippen MR) is 53.4 cm³/mol. The van der Waals surface area contributed by atoms with Gasteiger partial charge in [0.05, 0.1) is 11.8 Å². The minimum absolute atomic E-state index is 0.470. The number of benzene rings is 1. The Morgan fingerprint density at radius 1 is 1.17 bits per heavy atom. The largest absolute Gasteiger partial charge is 0.417 e. The summed E-state index contributed by atoms with van der Waals surface area (Å²) < 4.78 is 64.2. The second kappa shape index (κ2) is 4.36. The molecule has 0 amide bonds. The van der Waals surface area contributed by atoms with E-state index in [1.165, 1.54) is 6.07 Å². The molecule has 18 heavy (non-hydrogen) atoms. The van der Waals surface area contributed by atoms with Crippen molar-refractivity contribution in [1.29, 1.82) is 0 Å². The molecule has 1 aromatic heterocycles. The maximum Gasteiger partial charge on any atom is 0.417 e. The zero-order valence-corrected chi connectivity index (χ0v) is 8.72. The molecule has 0 aliphatic carbocycles. The number of hydrogen-bond donors (Lipinski definition) is 0. The zero-order valence-electron chi connectivity index (χ0n) is 8.72. The van der Waals surface area contributed by atoms with E-state index in [4.69, 9.17) is 0 Å². The number of alkyl halides is 3. The Hall–Kier alpha value is -1.98. The molecule has 1 radical (unpaired) electrons. The van der Waals surface area contributed by atoms with Gasteiger partial charge in [0.15, 0.2) is 5.82 Å². The van der Waals surface area contributed by atoms with Gasteiger partial charge in [-0.2, -0.15) is 13.2 Å². The molecule has 2 rings (SSSR count). The minimum Gasteiger partial charge on any atom is -0.250 e. The molecule has 6 heteroatoms. The van der Waals surface area contributed by atoms with Crippen molar-refractivity contribution in [1.82, 2.24) is 4.98 Å². The Morgan fingerprint density at radius 3 is 2.50 bits per heavy atom. The smallest absolute Gasteiger partial charge is 0.250 e. The van der Waals surface area contributed by atoms with E-state index in [-0.39, 0.29) is 0 Å². The molecule has 0 saturated heterocycles. The molecule has 0 unspecified atom stereocenters. The maximum absolute atomic E-state index is 13.4. The van der Waals surface area contributed by atoms with Crippen molar-refractivity contribution in [2.45, 2.75) is 6.18 Å². The van der Waals surface area contributed by atoms with Gasteiger partial charge in [0.2, 0.25) is 0 Å². The third-order valence-corrected chi connectivity index (χ3v) is 2.20. The highest BCUT2D eigenvalue weighted by Crippen LogP contribution is 2.36. The molecule has 93 valence electrons. The second-order valence-electron chi connectivity index (χ2n) is 3.44. The lowest BCUT2D eigenvalue weighted by Crippen LogP contribution is -2.08. The third-order valence-electron chi connectivity index (χ3n) is 2.20. The van der Waals surface area contributed by atoms with Crippen LogP contribution in [0.15, 0.2) is 30.5 Å². The molecule has 0 spiro atoms. The number of aromatic nitrogens is 1. The van der Waals surface area contributed by atoms with Gasteiger partial charge in [0.25, 0.3) is 0 Å². The Morgan fingerprint density at radius 2 is 1.89 bits per heavy atom. The zero-order chi connectivity index (χ0) is 13.3. The molecule has 1 heterocycles. The van der Waals surface area contributed by atoms with Gasteiger partial charge < -0.3 is 0 Å². The van der Waals surface area contributed by atoms with E-state index in [0.717, 1.165) is 12.1 Å². The van der Waals surface area contributed by atoms with Crippen LogP contribution in [0.2, 0.25) is 0 Å². The summed E-state index contributed by atoms with van der Waals surface area (Å²) in [6, 6.07) is 5.87. The average Bonchev–Trinajstić information content (AvgIpc) is 2.28. The Balaban J connectivity index is 2.64. The standard InChI is InChI=1S/C12H5F5N/c13-7-5-10(14)11(18-6-7)8-3-1-2-4-9(8)12(15,16)17/h1-3,5-6H. The first-order chi connectivity index (χ1) is 8.39. The van der Waals surface area contributed by atoms with E-state index in [9.17, 15) is 22.0 Å². The molecule has 2 aromatic rings. The SMILES string of the molecule is Fc1cnc(-c2ccc[c]c2C(F)(F)F)c(F)c1. The van der Waals surface area contributed by atoms with E-state index in [2.05, 4.69) is 4.98 Å². The van der Waals surface area contributed by atoms with Crippen LogP contribution in [0.25, 0.3) is 11.3 Å². The molecule has 0 saturated carbocycles. The molecule has 0 fully saturated rings. The molecule has 0 aliphatic rings. The van der Waals surface area contributed by atoms with Crippen LogP contribution >= 0.6 is 0 Å². The van der Waals surface area contributed by atoms with Gasteiger partial charge in [0, 0.05) is 11.6 Å². The van der Waals surface area contributed by atoms with E-state index < -0.39 is 34.6 Å². The highest BCUT2D eigenvalue weighted by atomic mass is 19.4. The predicted octanol–water partition coefficient (Wildman–Crippen LogP) is 3.85.